The normalized spacial score (nSPS) is 17.2. The zero-order valence-electron chi connectivity index (χ0n) is 11.8. The third kappa shape index (κ3) is 2.11. The average molecular weight is 283 g/mol. The smallest absolute Gasteiger partial charge is 0.292 e. The molecule has 2 aliphatic rings. The third-order valence-electron chi connectivity index (χ3n) is 4.31. The van der Waals surface area contributed by atoms with E-state index in [1.165, 1.54) is 29.8 Å². The van der Waals surface area contributed by atoms with Crippen molar-refractivity contribution in [1.82, 2.24) is 24.6 Å². The van der Waals surface area contributed by atoms with E-state index in [1.54, 1.807) is 18.5 Å². The number of hydrogen-bond acceptors (Lipinski definition) is 4. The zero-order valence-corrected chi connectivity index (χ0v) is 11.8. The summed E-state index contributed by atoms with van der Waals surface area (Å²) in [4.78, 5) is 22.4. The molecule has 0 saturated heterocycles. The van der Waals surface area contributed by atoms with Crippen LogP contribution in [0.3, 0.4) is 0 Å². The van der Waals surface area contributed by atoms with Crippen molar-refractivity contribution in [1.29, 1.82) is 0 Å². The number of carbonyl (C=O) groups is 1. The predicted molar refractivity (Wildman–Crippen MR) is 75.6 cm³/mol. The molecule has 0 saturated carbocycles. The quantitative estimate of drug-likeness (QED) is 0.789. The summed E-state index contributed by atoms with van der Waals surface area (Å²) in [5, 5.41) is 4.71. The maximum atomic E-state index is 12.5. The van der Waals surface area contributed by atoms with Crippen LogP contribution < -0.4 is 0 Å². The SMILES string of the molecule is O=C(c1ncccn1)N1CCn2nc3c(c2C1)CCCC3. The Kier molecular flexibility index (Phi) is 2.94. The monoisotopic (exact) mass is 283 g/mol. The standard InChI is InChI=1S/C15H17N5O/c21-15(14-16-6-3-7-17-14)19-8-9-20-13(10-19)11-4-1-2-5-12(11)18-20/h3,6-7H,1-2,4-5,8-10H2. The summed E-state index contributed by atoms with van der Waals surface area (Å²) in [5.74, 6) is 0.187. The topological polar surface area (TPSA) is 63.9 Å². The second-order valence-corrected chi connectivity index (χ2v) is 5.60. The minimum atomic E-state index is -0.0902. The van der Waals surface area contributed by atoms with Crippen LogP contribution in [-0.2, 0) is 25.9 Å². The first-order valence-electron chi connectivity index (χ1n) is 7.46. The Morgan fingerprint density at radius 2 is 1.90 bits per heavy atom. The van der Waals surface area contributed by atoms with E-state index in [0.29, 0.717) is 13.1 Å². The number of nitrogens with zero attached hydrogens (tertiary/aromatic N) is 5. The molecule has 2 aromatic rings. The van der Waals surface area contributed by atoms with Gasteiger partial charge in [0.1, 0.15) is 0 Å². The highest BCUT2D eigenvalue weighted by Crippen LogP contribution is 2.27. The molecule has 0 unspecified atom stereocenters. The van der Waals surface area contributed by atoms with Crippen LogP contribution in [0.4, 0.5) is 0 Å². The van der Waals surface area contributed by atoms with Crippen LogP contribution in [0, 0.1) is 0 Å². The Hall–Kier alpha value is -2.24. The van der Waals surface area contributed by atoms with Gasteiger partial charge in [-0.3, -0.25) is 9.48 Å². The maximum absolute atomic E-state index is 12.5. The lowest BCUT2D eigenvalue weighted by Gasteiger charge is -2.28. The van der Waals surface area contributed by atoms with Crippen LogP contribution in [0.5, 0.6) is 0 Å². The van der Waals surface area contributed by atoms with E-state index in [1.807, 2.05) is 4.90 Å². The van der Waals surface area contributed by atoms with E-state index in [-0.39, 0.29) is 11.7 Å². The summed E-state index contributed by atoms with van der Waals surface area (Å²) in [6.45, 7) is 2.06. The average Bonchev–Trinajstić information content (AvgIpc) is 2.93. The highest BCUT2D eigenvalue weighted by Gasteiger charge is 2.28. The van der Waals surface area contributed by atoms with Gasteiger partial charge in [0.05, 0.1) is 24.5 Å². The molecule has 1 aliphatic carbocycles. The Bertz CT molecular complexity index is 679. The van der Waals surface area contributed by atoms with E-state index in [0.717, 1.165) is 19.4 Å². The minimum absolute atomic E-state index is 0.0902. The summed E-state index contributed by atoms with van der Waals surface area (Å²) in [6, 6.07) is 1.72. The van der Waals surface area contributed by atoms with Crippen molar-refractivity contribution in [2.75, 3.05) is 6.54 Å². The van der Waals surface area contributed by atoms with Gasteiger partial charge in [-0.25, -0.2) is 9.97 Å². The lowest BCUT2D eigenvalue weighted by atomic mass is 9.95. The first-order chi connectivity index (χ1) is 10.3. The molecule has 0 N–H and O–H groups in total. The second kappa shape index (κ2) is 4.95. The molecule has 21 heavy (non-hydrogen) atoms. The second-order valence-electron chi connectivity index (χ2n) is 5.60. The number of amides is 1. The molecule has 0 fully saturated rings. The number of hydrogen-bond donors (Lipinski definition) is 0. The maximum Gasteiger partial charge on any atom is 0.292 e. The predicted octanol–water partition coefficient (Wildman–Crippen LogP) is 1.21. The third-order valence-corrected chi connectivity index (χ3v) is 4.31. The van der Waals surface area contributed by atoms with E-state index in [2.05, 4.69) is 14.6 Å². The van der Waals surface area contributed by atoms with E-state index < -0.39 is 0 Å². The fourth-order valence-corrected chi connectivity index (χ4v) is 3.23. The Morgan fingerprint density at radius 1 is 1.10 bits per heavy atom. The lowest BCUT2D eigenvalue weighted by Crippen LogP contribution is -2.39. The van der Waals surface area contributed by atoms with E-state index in [4.69, 9.17) is 5.10 Å². The van der Waals surface area contributed by atoms with Gasteiger partial charge in [-0.1, -0.05) is 0 Å². The van der Waals surface area contributed by atoms with Crippen molar-refractivity contribution in [2.24, 2.45) is 0 Å². The van der Waals surface area contributed by atoms with Crippen LogP contribution in [0.25, 0.3) is 0 Å². The van der Waals surface area contributed by atoms with Gasteiger partial charge in [0, 0.05) is 18.9 Å². The first kappa shape index (κ1) is 12.5. The summed E-state index contributed by atoms with van der Waals surface area (Å²) < 4.78 is 2.09. The van der Waals surface area contributed by atoms with E-state index in [9.17, 15) is 4.79 Å². The molecule has 2 aromatic heterocycles. The minimum Gasteiger partial charge on any atom is -0.328 e. The molecule has 108 valence electrons. The molecule has 0 spiro atoms. The number of carbonyl (C=O) groups excluding carboxylic acids is 1. The molecule has 1 aliphatic heterocycles. The van der Waals surface area contributed by atoms with Crippen molar-refractivity contribution in [3.05, 3.63) is 41.2 Å². The van der Waals surface area contributed by atoms with Gasteiger partial charge < -0.3 is 4.90 Å². The zero-order chi connectivity index (χ0) is 14.2. The van der Waals surface area contributed by atoms with Crippen molar-refractivity contribution < 1.29 is 4.79 Å². The van der Waals surface area contributed by atoms with Gasteiger partial charge >= 0.3 is 0 Å². The summed E-state index contributed by atoms with van der Waals surface area (Å²) in [6.07, 6.45) is 7.83. The van der Waals surface area contributed by atoms with Crippen molar-refractivity contribution in [2.45, 2.75) is 38.8 Å². The summed E-state index contributed by atoms with van der Waals surface area (Å²) in [5.41, 5.74) is 3.81. The van der Waals surface area contributed by atoms with Gasteiger partial charge in [-0.05, 0) is 37.3 Å². The molecule has 0 radical (unpaired) electrons. The Labute approximate surface area is 122 Å². The largest absolute Gasteiger partial charge is 0.328 e. The molecule has 6 nitrogen and oxygen atoms in total. The fourth-order valence-electron chi connectivity index (χ4n) is 3.23. The summed E-state index contributed by atoms with van der Waals surface area (Å²) in [7, 11) is 0. The Balaban J connectivity index is 1.62. The van der Waals surface area contributed by atoms with Gasteiger partial charge in [-0.2, -0.15) is 5.10 Å². The molecule has 6 heteroatoms. The molecule has 1 amide bonds. The summed E-state index contributed by atoms with van der Waals surface area (Å²) >= 11 is 0. The highest BCUT2D eigenvalue weighted by atomic mass is 16.2. The fraction of sp³-hybridized carbons (Fsp3) is 0.467. The van der Waals surface area contributed by atoms with Gasteiger partial charge in [0.2, 0.25) is 5.82 Å². The van der Waals surface area contributed by atoms with Crippen LogP contribution in [0.15, 0.2) is 18.5 Å². The van der Waals surface area contributed by atoms with Crippen LogP contribution in [0.2, 0.25) is 0 Å². The molecule has 4 rings (SSSR count). The number of fused-ring (bicyclic) bond motifs is 3. The first-order valence-corrected chi connectivity index (χ1v) is 7.46. The van der Waals surface area contributed by atoms with Crippen molar-refractivity contribution in [3.63, 3.8) is 0 Å². The van der Waals surface area contributed by atoms with Gasteiger partial charge in [0.15, 0.2) is 0 Å². The van der Waals surface area contributed by atoms with Gasteiger partial charge in [-0.15, -0.1) is 0 Å². The molecule has 0 atom stereocenters. The van der Waals surface area contributed by atoms with Crippen LogP contribution >= 0.6 is 0 Å². The highest BCUT2D eigenvalue weighted by molar-refractivity contribution is 5.90. The van der Waals surface area contributed by atoms with Crippen LogP contribution in [0.1, 0.15) is 40.4 Å². The number of aryl methyl sites for hydroxylation is 1. The van der Waals surface area contributed by atoms with Gasteiger partial charge in [0.25, 0.3) is 5.91 Å². The molecule has 0 bridgehead atoms. The lowest BCUT2D eigenvalue weighted by molar-refractivity contribution is 0.0693. The molecular weight excluding hydrogens is 266 g/mol. The van der Waals surface area contributed by atoms with Crippen molar-refractivity contribution in [3.8, 4) is 0 Å². The number of aromatic nitrogens is 4. The van der Waals surface area contributed by atoms with E-state index >= 15 is 0 Å². The molecular formula is C15H17N5O. The molecule has 3 heterocycles. The molecule has 0 aromatic carbocycles. The van der Waals surface area contributed by atoms with Crippen molar-refractivity contribution >= 4 is 5.91 Å². The van der Waals surface area contributed by atoms with Crippen LogP contribution in [-0.4, -0.2) is 37.1 Å². The Morgan fingerprint density at radius 3 is 2.76 bits per heavy atom. The number of rotatable bonds is 1.